The number of nitrogens with zero attached hydrogens (tertiary/aromatic N) is 1. The third-order valence-electron chi connectivity index (χ3n) is 2.88. The third kappa shape index (κ3) is 3.84. The summed E-state index contributed by atoms with van der Waals surface area (Å²) in [6.45, 7) is 4.91. The Hall–Kier alpha value is -0.780. The van der Waals surface area contributed by atoms with Gasteiger partial charge in [-0.1, -0.05) is 22.9 Å². The number of benzene rings is 1. The largest absolute Gasteiger partial charge is 0.309 e. The molecule has 1 atom stereocenters. The van der Waals surface area contributed by atoms with Crippen molar-refractivity contribution in [2.45, 2.75) is 26.3 Å². The summed E-state index contributed by atoms with van der Waals surface area (Å²) in [4.78, 5) is 4.52. The molecule has 0 saturated carbocycles. The molecular weight excluding hydrogens is 327 g/mol. The Kier molecular flexibility index (Phi) is 5.07. The molecule has 0 fully saturated rings. The van der Waals surface area contributed by atoms with Crippen molar-refractivity contribution in [3.63, 3.8) is 0 Å². The van der Waals surface area contributed by atoms with Crippen LogP contribution in [0.2, 0.25) is 0 Å². The van der Waals surface area contributed by atoms with Crippen molar-refractivity contribution < 1.29 is 4.39 Å². The predicted molar refractivity (Wildman–Crippen MR) is 81.1 cm³/mol. The second kappa shape index (κ2) is 6.59. The molecule has 1 aromatic heterocycles. The number of aryl methyl sites for hydroxylation is 1. The Labute approximate surface area is 125 Å². The molecule has 0 spiro atoms. The molecule has 2 aromatic rings. The zero-order valence-electron chi connectivity index (χ0n) is 10.9. The minimum atomic E-state index is -0.206. The van der Waals surface area contributed by atoms with Gasteiger partial charge in [0.15, 0.2) is 0 Å². The Balaban J connectivity index is 2.23. The van der Waals surface area contributed by atoms with Crippen molar-refractivity contribution in [2.75, 3.05) is 6.54 Å². The molecule has 0 radical (unpaired) electrons. The number of thiazole rings is 1. The number of hydrogen-bond acceptors (Lipinski definition) is 3. The van der Waals surface area contributed by atoms with Gasteiger partial charge in [-0.15, -0.1) is 11.3 Å². The van der Waals surface area contributed by atoms with Crippen LogP contribution >= 0.6 is 27.3 Å². The molecule has 0 aliphatic heterocycles. The van der Waals surface area contributed by atoms with Crippen LogP contribution < -0.4 is 5.32 Å². The minimum absolute atomic E-state index is 0.119. The standard InChI is InChI=1S/C14H16BrFN2S/c1-3-17-13(14-8-19-9(2)18-14)7-10-6-11(16)4-5-12(10)15/h4-6,8,13,17H,3,7H2,1-2H3. The summed E-state index contributed by atoms with van der Waals surface area (Å²) < 4.78 is 14.3. The highest BCUT2D eigenvalue weighted by Gasteiger charge is 2.16. The first-order valence-electron chi connectivity index (χ1n) is 6.19. The van der Waals surface area contributed by atoms with Crippen LogP contribution in [-0.4, -0.2) is 11.5 Å². The lowest BCUT2D eigenvalue weighted by atomic mass is 10.0. The van der Waals surface area contributed by atoms with Crippen LogP contribution in [0.3, 0.4) is 0 Å². The van der Waals surface area contributed by atoms with Gasteiger partial charge < -0.3 is 5.32 Å². The molecular formula is C14H16BrFN2S. The van der Waals surface area contributed by atoms with E-state index < -0.39 is 0 Å². The van der Waals surface area contributed by atoms with Gasteiger partial charge in [-0.25, -0.2) is 9.37 Å². The van der Waals surface area contributed by atoms with Crippen LogP contribution in [0, 0.1) is 12.7 Å². The molecule has 1 unspecified atom stereocenters. The van der Waals surface area contributed by atoms with E-state index in [1.807, 2.05) is 6.92 Å². The monoisotopic (exact) mass is 342 g/mol. The van der Waals surface area contributed by atoms with E-state index in [1.165, 1.54) is 6.07 Å². The summed E-state index contributed by atoms with van der Waals surface area (Å²) in [5.74, 6) is -0.206. The van der Waals surface area contributed by atoms with Gasteiger partial charge in [0, 0.05) is 9.85 Å². The summed E-state index contributed by atoms with van der Waals surface area (Å²) in [7, 11) is 0. The molecule has 1 heterocycles. The van der Waals surface area contributed by atoms with E-state index in [0.717, 1.165) is 33.7 Å². The Morgan fingerprint density at radius 3 is 2.89 bits per heavy atom. The zero-order chi connectivity index (χ0) is 13.8. The predicted octanol–water partition coefficient (Wildman–Crippen LogP) is 4.25. The quantitative estimate of drug-likeness (QED) is 0.878. The molecule has 0 aliphatic carbocycles. The molecule has 2 nitrogen and oxygen atoms in total. The number of nitrogens with one attached hydrogen (secondary N) is 1. The molecule has 0 saturated heterocycles. The molecule has 1 aromatic carbocycles. The number of rotatable bonds is 5. The van der Waals surface area contributed by atoms with Gasteiger partial charge in [0.05, 0.1) is 16.7 Å². The maximum Gasteiger partial charge on any atom is 0.123 e. The molecule has 102 valence electrons. The minimum Gasteiger partial charge on any atom is -0.309 e. The molecule has 19 heavy (non-hydrogen) atoms. The van der Waals surface area contributed by atoms with E-state index in [2.05, 4.69) is 38.5 Å². The number of aromatic nitrogens is 1. The first-order valence-corrected chi connectivity index (χ1v) is 7.86. The van der Waals surface area contributed by atoms with Crippen LogP contribution in [0.25, 0.3) is 0 Å². The normalized spacial score (nSPS) is 12.6. The van der Waals surface area contributed by atoms with Gasteiger partial charge in [-0.2, -0.15) is 0 Å². The SMILES string of the molecule is CCNC(Cc1cc(F)ccc1Br)c1csc(C)n1. The highest BCUT2D eigenvalue weighted by molar-refractivity contribution is 9.10. The second-order valence-corrected chi connectivity index (χ2v) is 6.26. The van der Waals surface area contributed by atoms with Crippen molar-refractivity contribution in [1.82, 2.24) is 10.3 Å². The second-order valence-electron chi connectivity index (χ2n) is 4.34. The van der Waals surface area contributed by atoms with Gasteiger partial charge in [0.2, 0.25) is 0 Å². The smallest absolute Gasteiger partial charge is 0.123 e. The van der Waals surface area contributed by atoms with E-state index in [-0.39, 0.29) is 11.9 Å². The van der Waals surface area contributed by atoms with Crippen LogP contribution in [0.5, 0.6) is 0 Å². The molecule has 1 N–H and O–H groups in total. The van der Waals surface area contributed by atoms with Crippen LogP contribution in [0.1, 0.15) is 29.2 Å². The average molecular weight is 343 g/mol. The van der Waals surface area contributed by atoms with Crippen molar-refractivity contribution in [3.05, 3.63) is 50.1 Å². The molecule has 5 heteroatoms. The number of halogens is 2. The molecule has 0 amide bonds. The lowest BCUT2D eigenvalue weighted by molar-refractivity contribution is 0.535. The number of hydrogen-bond donors (Lipinski definition) is 1. The molecule has 2 rings (SSSR count). The lowest BCUT2D eigenvalue weighted by Gasteiger charge is -2.16. The Morgan fingerprint density at radius 1 is 1.47 bits per heavy atom. The highest BCUT2D eigenvalue weighted by Crippen LogP contribution is 2.25. The lowest BCUT2D eigenvalue weighted by Crippen LogP contribution is -2.23. The Morgan fingerprint density at radius 2 is 2.26 bits per heavy atom. The fourth-order valence-corrected chi connectivity index (χ4v) is 3.06. The van der Waals surface area contributed by atoms with Gasteiger partial charge in [0.25, 0.3) is 0 Å². The maximum absolute atomic E-state index is 13.3. The van der Waals surface area contributed by atoms with Crippen molar-refractivity contribution in [3.8, 4) is 0 Å². The van der Waals surface area contributed by atoms with Crippen LogP contribution in [0.15, 0.2) is 28.1 Å². The highest BCUT2D eigenvalue weighted by atomic mass is 79.9. The first-order chi connectivity index (χ1) is 9.10. The van der Waals surface area contributed by atoms with E-state index >= 15 is 0 Å². The van der Waals surface area contributed by atoms with Crippen molar-refractivity contribution >= 4 is 27.3 Å². The summed E-state index contributed by atoms with van der Waals surface area (Å²) in [6, 6.07) is 4.91. The maximum atomic E-state index is 13.3. The third-order valence-corrected chi connectivity index (χ3v) is 4.44. The van der Waals surface area contributed by atoms with Gasteiger partial charge in [0.1, 0.15) is 5.82 Å². The molecule has 0 bridgehead atoms. The average Bonchev–Trinajstić information content (AvgIpc) is 2.80. The summed E-state index contributed by atoms with van der Waals surface area (Å²) in [5, 5.41) is 6.53. The topological polar surface area (TPSA) is 24.9 Å². The summed E-state index contributed by atoms with van der Waals surface area (Å²) >= 11 is 5.12. The van der Waals surface area contributed by atoms with E-state index in [0.29, 0.717) is 0 Å². The fraction of sp³-hybridized carbons (Fsp3) is 0.357. The summed E-state index contributed by atoms with van der Waals surface area (Å²) in [5.41, 5.74) is 1.98. The van der Waals surface area contributed by atoms with E-state index in [4.69, 9.17) is 0 Å². The van der Waals surface area contributed by atoms with E-state index in [1.54, 1.807) is 23.5 Å². The van der Waals surface area contributed by atoms with E-state index in [9.17, 15) is 4.39 Å². The van der Waals surface area contributed by atoms with Crippen molar-refractivity contribution in [1.29, 1.82) is 0 Å². The fourth-order valence-electron chi connectivity index (χ4n) is 1.99. The zero-order valence-corrected chi connectivity index (χ0v) is 13.3. The van der Waals surface area contributed by atoms with Gasteiger partial charge in [-0.3, -0.25) is 0 Å². The first kappa shape index (κ1) is 14.6. The number of likely N-dealkylation sites (N-methyl/N-ethyl adjacent to an activating group) is 1. The van der Waals surface area contributed by atoms with Gasteiger partial charge in [-0.05, 0) is 43.7 Å². The van der Waals surface area contributed by atoms with Crippen molar-refractivity contribution in [2.24, 2.45) is 0 Å². The van der Waals surface area contributed by atoms with Gasteiger partial charge >= 0.3 is 0 Å². The Bertz CT molecular complexity index is 556. The molecule has 0 aliphatic rings. The summed E-state index contributed by atoms with van der Waals surface area (Å²) in [6.07, 6.45) is 0.718. The van der Waals surface area contributed by atoms with Crippen LogP contribution in [0.4, 0.5) is 4.39 Å². The van der Waals surface area contributed by atoms with Crippen LogP contribution in [-0.2, 0) is 6.42 Å².